The van der Waals surface area contributed by atoms with E-state index in [1.807, 2.05) is 19.1 Å². The Kier molecular flexibility index (Phi) is 7.22. The first-order valence-corrected chi connectivity index (χ1v) is 10.3. The van der Waals surface area contributed by atoms with E-state index < -0.39 is 21.6 Å². The number of aliphatic carboxylic acids is 1. The van der Waals surface area contributed by atoms with Gasteiger partial charge in [0.25, 0.3) is 0 Å². The van der Waals surface area contributed by atoms with Crippen LogP contribution in [0.1, 0.15) is 12.5 Å². The van der Waals surface area contributed by atoms with Crippen LogP contribution in [0.15, 0.2) is 24.3 Å². The molecule has 7 nitrogen and oxygen atoms in total. The van der Waals surface area contributed by atoms with Gasteiger partial charge < -0.3 is 9.84 Å². The van der Waals surface area contributed by atoms with Crippen molar-refractivity contribution in [3.63, 3.8) is 0 Å². The van der Waals surface area contributed by atoms with Crippen LogP contribution in [0, 0.1) is 0 Å². The van der Waals surface area contributed by atoms with Crippen LogP contribution in [0.4, 0.5) is 0 Å². The maximum Gasteiger partial charge on any atom is 0.318 e. The van der Waals surface area contributed by atoms with Gasteiger partial charge in [-0.1, -0.05) is 12.1 Å². The van der Waals surface area contributed by atoms with Gasteiger partial charge in [-0.05, 0) is 24.6 Å². The number of rotatable bonds is 9. The van der Waals surface area contributed by atoms with E-state index in [4.69, 9.17) is 9.84 Å². The average molecular weight is 370 g/mol. The van der Waals surface area contributed by atoms with Crippen molar-refractivity contribution in [2.45, 2.75) is 13.5 Å². The molecule has 0 amide bonds. The lowest BCUT2D eigenvalue weighted by atomic mass is 10.2. The van der Waals surface area contributed by atoms with Gasteiger partial charge in [0.2, 0.25) is 0 Å². The normalized spacial score (nSPS) is 16.7. The lowest BCUT2D eigenvalue weighted by Crippen LogP contribution is -2.47. The number of nitrogens with zero attached hydrogens (tertiary/aromatic N) is 2. The van der Waals surface area contributed by atoms with Crippen LogP contribution < -0.4 is 4.74 Å². The molecular weight excluding hydrogens is 344 g/mol. The smallest absolute Gasteiger partial charge is 0.318 e. The molecule has 0 aliphatic carbocycles. The zero-order chi connectivity index (χ0) is 18.3. The predicted molar refractivity (Wildman–Crippen MR) is 95.6 cm³/mol. The number of ether oxygens (including phenoxy) is 1. The monoisotopic (exact) mass is 370 g/mol. The highest BCUT2D eigenvalue weighted by Crippen LogP contribution is 2.14. The van der Waals surface area contributed by atoms with Crippen molar-refractivity contribution in [2.75, 3.05) is 50.8 Å². The number of carbonyl (C=O) groups is 1. The first kappa shape index (κ1) is 19.7. The summed E-state index contributed by atoms with van der Waals surface area (Å²) in [5.74, 6) is -1.30. The van der Waals surface area contributed by atoms with Gasteiger partial charge in [0.1, 0.15) is 11.5 Å². The van der Waals surface area contributed by atoms with Gasteiger partial charge in [-0.25, -0.2) is 8.42 Å². The third-order valence-corrected chi connectivity index (χ3v) is 5.66. The van der Waals surface area contributed by atoms with E-state index in [1.165, 1.54) is 5.56 Å². The fourth-order valence-electron chi connectivity index (χ4n) is 2.82. The second kappa shape index (κ2) is 9.17. The Morgan fingerprint density at radius 2 is 1.72 bits per heavy atom. The molecule has 1 aromatic rings. The Morgan fingerprint density at radius 3 is 2.28 bits per heavy atom. The molecule has 0 atom stereocenters. The summed E-state index contributed by atoms with van der Waals surface area (Å²) in [5.41, 5.74) is 1.22. The average Bonchev–Trinajstić information content (AvgIpc) is 2.55. The molecule has 0 bridgehead atoms. The molecule has 0 saturated carbocycles. The maximum atomic E-state index is 11.6. The molecule has 140 valence electrons. The number of carboxylic acids is 1. The first-order chi connectivity index (χ1) is 11.9. The van der Waals surface area contributed by atoms with E-state index in [0.717, 1.165) is 38.5 Å². The summed E-state index contributed by atoms with van der Waals surface area (Å²) >= 11 is 0. The zero-order valence-corrected chi connectivity index (χ0v) is 15.4. The van der Waals surface area contributed by atoms with Crippen LogP contribution in [-0.2, 0) is 21.2 Å². The summed E-state index contributed by atoms with van der Waals surface area (Å²) in [4.78, 5) is 14.9. The van der Waals surface area contributed by atoms with Crippen molar-refractivity contribution in [3.05, 3.63) is 29.8 Å². The second-order valence-electron chi connectivity index (χ2n) is 6.18. The van der Waals surface area contributed by atoms with E-state index in [-0.39, 0.29) is 5.75 Å². The molecule has 1 heterocycles. The Hall–Kier alpha value is -1.64. The minimum atomic E-state index is -3.52. The molecule has 1 aliphatic heterocycles. The van der Waals surface area contributed by atoms with E-state index in [2.05, 4.69) is 21.9 Å². The van der Waals surface area contributed by atoms with E-state index in [9.17, 15) is 13.2 Å². The van der Waals surface area contributed by atoms with Crippen molar-refractivity contribution in [3.8, 4) is 5.75 Å². The Balaban J connectivity index is 1.73. The SMILES string of the molecule is CCOc1ccc(CN2CCN(CCS(=O)(=O)CC(=O)O)CC2)cc1. The van der Waals surface area contributed by atoms with Crippen LogP contribution in [0.25, 0.3) is 0 Å². The highest BCUT2D eigenvalue weighted by atomic mass is 32.2. The highest BCUT2D eigenvalue weighted by Gasteiger charge is 2.21. The van der Waals surface area contributed by atoms with E-state index >= 15 is 0 Å². The summed E-state index contributed by atoms with van der Waals surface area (Å²) < 4.78 is 28.7. The summed E-state index contributed by atoms with van der Waals surface area (Å²) in [6.07, 6.45) is 0. The molecule has 2 rings (SSSR count). The minimum Gasteiger partial charge on any atom is -0.494 e. The van der Waals surface area contributed by atoms with E-state index in [1.54, 1.807) is 0 Å². The molecular formula is C17H26N2O5S. The van der Waals surface area contributed by atoms with Gasteiger partial charge in [0.15, 0.2) is 9.84 Å². The van der Waals surface area contributed by atoms with E-state index in [0.29, 0.717) is 13.2 Å². The zero-order valence-electron chi connectivity index (χ0n) is 14.6. The Bertz CT molecular complexity index is 652. The quantitative estimate of drug-likeness (QED) is 0.685. The molecule has 0 radical (unpaired) electrons. The van der Waals surface area contributed by atoms with Crippen molar-refractivity contribution in [1.29, 1.82) is 0 Å². The number of benzene rings is 1. The van der Waals surface area contributed by atoms with Crippen molar-refractivity contribution in [2.24, 2.45) is 0 Å². The molecule has 0 unspecified atom stereocenters. The molecule has 1 saturated heterocycles. The van der Waals surface area contributed by atoms with Crippen LogP contribution in [0.2, 0.25) is 0 Å². The lowest BCUT2D eigenvalue weighted by molar-refractivity contribution is -0.134. The summed E-state index contributed by atoms with van der Waals surface area (Å²) in [5, 5.41) is 8.60. The number of hydrogen-bond acceptors (Lipinski definition) is 6. The van der Waals surface area contributed by atoms with Crippen LogP contribution in [-0.4, -0.2) is 80.1 Å². The Morgan fingerprint density at radius 1 is 1.12 bits per heavy atom. The van der Waals surface area contributed by atoms with Crippen molar-refractivity contribution < 1.29 is 23.1 Å². The summed E-state index contributed by atoms with van der Waals surface area (Å²) in [7, 11) is -3.52. The fourth-order valence-corrected chi connectivity index (χ4v) is 3.87. The largest absolute Gasteiger partial charge is 0.494 e. The van der Waals surface area contributed by atoms with Crippen LogP contribution >= 0.6 is 0 Å². The fraction of sp³-hybridized carbons (Fsp3) is 0.588. The van der Waals surface area contributed by atoms with Gasteiger partial charge in [-0.3, -0.25) is 14.6 Å². The van der Waals surface area contributed by atoms with Gasteiger partial charge >= 0.3 is 5.97 Å². The number of sulfone groups is 1. The number of piperazine rings is 1. The molecule has 1 N–H and O–H groups in total. The molecule has 8 heteroatoms. The first-order valence-electron chi connectivity index (χ1n) is 8.46. The molecule has 0 aromatic heterocycles. The number of hydrogen-bond donors (Lipinski definition) is 1. The molecule has 1 fully saturated rings. The number of carboxylic acid groups (broad SMARTS) is 1. The topological polar surface area (TPSA) is 87.2 Å². The molecule has 1 aromatic carbocycles. The molecule has 1 aliphatic rings. The second-order valence-corrected chi connectivity index (χ2v) is 8.36. The van der Waals surface area contributed by atoms with Crippen LogP contribution in [0.3, 0.4) is 0 Å². The molecule has 25 heavy (non-hydrogen) atoms. The third kappa shape index (κ3) is 7.01. The van der Waals surface area contributed by atoms with Gasteiger partial charge in [-0.2, -0.15) is 0 Å². The van der Waals surface area contributed by atoms with Crippen molar-refractivity contribution >= 4 is 15.8 Å². The maximum absolute atomic E-state index is 11.6. The summed E-state index contributed by atoms with van der Waals surface area (Å²) in [6, 6.07) is 8.08. The minimum absolute atomic E-state index is 0.0990. The molecule has 0 spiro atoms. The highest BCUT2D eigenvalue weighted by molar-refractivity contribution is 7.92. The van der Waals surface area contributed by atoms with Gasteiger partial charge in [-0.15, -0.1) is 0 Å². The Labute approximate surface area is 149 Å². The lowest BCUT2D eigenvalue weighted by Gasteiger charge is -2.34. The van der Waals surface area contributed by atoms with Crippen LogP contribution in [0.5, 0.6) is 5.75 Å². The standard InChI is InChI=1S/C17H26N2O5S/c1-2-24-16-5-3-15(4-6-16)13-19-9-7-18(8-10-19)11-12-25(22,23)14-17(20)21/h3-6H,2,7-14H2,1H3,(H,20,21). The summed E-state index contributed by atoms with van der Waals surface area (Å²) in [6.45, 7) is 7.19. The predicted octanol–water partition coefficient (Wildman–Crippen LogP) is 0.702. The van der Waals surface area contributed by atoms with Gasteiger partial charge in [0.05, 0.1) is 12.4 Å². The van der Waals surface area contributed by atoms with Crippen molar-refractivity contribution in [1.82, 2.24) is 9.80 Å². The van der Waals surface area contributed by atoms with Gasteiger partial charge in [0, 0.05) is 39.3 Å². The third-order valence-electron chi connectivity index (χ3n) is 4.17.